The number of alkyl halides is 1. The lowest BCUT2D eigenvalue weighted by Gasteiger charge is -2.06. The Balaban J connectivity index is 2.20. The molecule has 4 nitrogen and oxygen atoms in total. The lowest BCUT2D eigenvalue weighted by atomic mass is 10.0. The van der Waals surface area contributed by atoms with Crippen LogP contribution in [0.15, 0.2) is 0 Å². The quantitative estimate of drug-likeness (QED) is 0.870. The number of hydrogen-bond acceptors (Lipinski definition) is 4. The Bertz CT molecular complexity index is 432. The number of aryl methyl sites for hydroxylation is 2. The summed E-state index contributed by atoms with van der Waals surface area (Å²) in [6.45, 7) is 0. The van der Waals surface area contributed by atoms with Gasteiger partial charge in [-0.25, -0.2) is 13.4 Å². The van der Waals surface area contributed by atoms with Crippen molar-refractivity contribution in [2.45, 2.75) is 25.7 Å². The number of thiazole rings is 1. The first-order valence-corrected chi connectivity index (χ1v) is 8.25. The minimum absolute atomic E-state index is 0.0930. The molecule has 1 N–H and O–H groups in total. The van der Waals surface area contributed by atoms with Gasteiger partial charge >= 0.3 is 0 Å². The van der Waals surface area contributed by atoms with E-state index in [0.717, 1.165) is 25.0 Å². The molecule has 0 spiro atoms. The second-order valence-electron chi connectivity index (χ2n) is 3.42. The van der Waals surface area contributed by atoms with E-state index in [1.54, 1.807) is 0 Å². The number of nitrogens with one attached hydrogen (secondary N) is 1. The third-order valence-corrected chi connectivity index (χ3v) is 6.03. The fraction of sp³-hybridized carbons (Fsp3) is 0.625. The summed E-state index contributed by atoms with van der Waals surface area (Å²) in [6.07, 6.45) is 4.34. The first-order valence-electron chi connectivity index (χ1n) is 4.66. The maximum Gasteiger partial charge on any atom is 0.244 e. The Morgan fingerprint density at radius 2 is 2.13 bits per heavy atom. The fourth-order valence-electron chi connectivity index (χ4n) is 1.56. The van der Waals surface area contributed by atoms with Crippen LogP contribution >= 0.6 is 27.3 Å². The Kier molecular flexibility index (Phi) is 3.32. The van der Waals surface area contributed by atoms with Crippen LogP contribution in [0.2, 0.25) is 0 Å². The first-order chi connectivity index (χ1) is 7.11. The average Bonchev–Trinajstić information content (AvgIpc) is 2.58. The van der Waals surface area contributed by atoms with E-state index in [9.17, 15) is 8.42 Å². The van der Waals surface area contributed by atoms with Crippen LogP contribution in [0.3, 0.4) is 0 Å². The highest BCUT2D eigenvalue weighted by Gasteiger charge is 2.17. The van der Waals surface area contributed by atoms with Crippen LogP contribution in [0, 0.1) is 0 Å². The van der Waals surface area contributed by atoms with Crippen LogP contribution in [-0.2, 0) is 22.9 Å². The van der Waals surface area contributed by atoms with Crippen molar-refractivity contribution in [3.63, 3.8) is 0 Å². The van der Waals surface area contributed by atoms with Crippen molar-refractivity contribution in [3.8, 4) is 0 Å². The molecule has 1 aromatic heterocycles. The zero-order valence-electron chi connectivity index (χ0n) is 7.99. The van der Waals surface area contributed by atoms with Gasteiger partial charge in [0.1, 0.15) is 4.66 Å². The average molecular weight is 311 g/mol. The number of sulfonamides is 1. The SMILES string of the molecule is O=S(=O)(CBr)Nc1nc2c(s1)CCCC2. The molecule has 0 saturated carbocycles. The molecule has 15 heavy (non-hydrogen) atoms. The molecule has 0 aliphatic heterocycles. The van der Waals surface area contributed by atoms with Crippen LogP contribution in [0.1, 0.15) is 23.4 Å². The molecule has 0 radical (unpaired) electrons. The van der Waals surface area contributed by atoms with Crippen LogP contribution in [-0.4, -0.2) is 18.1 Å². The predicted octanol–water partition coefficient (Wildman–Crippen LogP) is 2.12. The van der Waals surface area contributed by atoms with Crippen molar-refractivity contribution >= 4 is 42.4 Å². The number of rotatable bonds is 3. The summed E-state index contributed by atoms with van der Waals surface area (Å²) in [4.78, 5) is 5.52. The fourth-order valence-corrected chi connectivity index (χ4v) is 3.71. The number of fused-ring (bicyclic) bond motifs is 1. The van der Waals surface area contributed by atoms with Crippen molar-refractivity contribution < 1.29 is 8.42 Å². The molecule has 1 aliphatic carbocycles. The maximum absolute atomic E-state index is 11.3. The number of halogens is 1. The lowest BCUT2D eigenvalue weighted by molar-refractivity contribution is 0.606. The predicted molar refractivity (Wildman–Crippen MR) is 65.1 cm³/mol. The summed E-state index contributed by atoms with van der Waals surface area (Å²) in [7, 11) is -3.26. The van der Waals surface area contributed by atoms with Crippen molar-refractivity contribution in [2.75, 3.05) is 9.38 Å². The highest BCUT2D eigenvalue weighted by atomic mass is 79.9. The largest absolute Gasteiger partial charge is 0.258 e. The smallest absolute Gasteiger partial charge is 0.244 e. The van der Waals surface area contributed by atoms with Crippen LogP contribution < -0.4 is 4.72 Å². The summed E-state index contributed by atoms with van der Waals surface area (Å²) < 4.78 is 24.9. The standard InChI is InChI=1S/C8H11BrN2O2S2/c9-5-15(12,13)11-8-10-6-3-1-2-4-7(6)14-8/h1-5H2,(H,10,11). The second kappa shape index (κ2) is 4.39. The van der Waals surface area contributed by atoms with Crippen LogP contribution in [0.5, 0.6) is 0 Å². The lowest BCUT2D eigenvalue weighted by Crippen LogP contribution is -2.12. The van der Waals surface area contributed by atoms with E-state index < -0.39 is 10.0 Å². The van der Waals surface area contributed by atoms with Gasteiger partial charge in [-0.1, -0.05) is 15.9 Å². The Hall–Kier alpha value is -0.140. The van der Waals surface area contributed by atoms with Gasteiger partial charge in [0, 0.05) is 4.88 Å². The topological polar surface area (TPSA) is 59.1 Å². The monoisotopic (exact) mass is 310 g/mol. The molecule has 2 rings (SSSR count). The zero-order chi connectivity index (χ0) is 10.9. The van der Waals surface area contributed by atoms with Crippen molar-refractivity contribution in [3.05, 3.63) is 10.6 Å². The van der Waals surface area contributed by atoms with E-state index in [4.69, 9.17) is 0 Å². The highest BCUT2D eigenvalue weighted by Crippen LogP contribution is 2.30. The summed E-state index contributed by atoms with van der Waals surface area (Å²) in [5, 5.41) is 0.501. The normalized spacial score (nSPS) is 16.1. The van der Waals surface area contributed by atoms with Gasteiger partial charge in [-0.15, -0.1) is 11.3 Å². The molecular weight excluding hydrogens is 300 g/mol. The molecule has 0 atom stereocenters. The molecule has 0 fully saturated rings. The Morgan fingerprint density at radius 3 is 2.80 bits per heavy atom. The first kappa shape index (κ1) is 11.3. The third kappa shape index (κ3) is 2.70. The Morgan fingerprint density at radius 1 is 1.40 bits per heavy atom. The molecular formula is C8H11BrN2O2S2. The highest BCUT2D eigenvalue weighted by molar-refractivity contribution is 9.10. The van der Waals surface area contributed by atoms with E-state index in [1.165, 1.54) is 22.6 Å². The molecule has 7 heteroatoms. The van der Waals surface area contributed by atoms with Gasteiger partial charge in [-0.3, -0.25) is 4.72 Å². The molecule has 0 amide bonds. The third-order valence-electron chi connectivity index (χ3n) is 2.23. The van der Waals surface area contributed by atoms with E-state index in [0.29, 0.717) is 5.13 Å². The van der Waals surface area contributed by atoms with Gasteiger partial charge in [-0.2, -0.15) is 0 Å². The number of nitrogens with zero attached hydrogens (tertiary/aromatic N) is 1. The van der Waals surface area contributed by atoms with Gasteiger partial charge in [0.15, 0.2) is 5.13 Å². The van der Waals surface area contributed by atoms with Gasteiger partial charge in [0.2, 0.25) is 10.0 Å². The van der Waals surface area contributed by atoms with Crippen molar-refractivity contribution in [1.82, 2.24) is 4.98 Å². The van der Waals surface area contributed by atoms with Crippen molar-refractivity contribution in [1.29, 1.82) is 0 Å². The maximum atomic E-state index is 11.3. The number of aromatic nitrogens is 1. The summed E-state index contributed by atoms with van der Waals surface area (Å²) >= 11 is 4.38. The van der Waals surface area contributed by atoms with Crippen LogP contribution in [0.25, 0.3) is 0 Å². The van der Waals surface area contributed by atoms with E-state index >= 15 is 0 Å². The van der Waals surface area contributed by atoms with Gasteiger partial charge < -0.3 is 0 Å². The summed E-state index contributed by atoms with van der Waals surface area (Å²) in [6, 6.07) is 0. The molecule has 1 aromatic rings. The molecule has 1 heterocycles. The van der Waals surface area contributed by atoms with Crippen LogP contribution in [0.4, 0.5) is 5.13 Å². The van der Waals surface area contributed by atoms with E-state index in [2.05, 4.69) is 25.6 Å². The molecule has 0 unspecified atom stereocenters. The summed E-state index contributed by atoms with van der Waals surface area (Å²) in [5.74, 6) is 0. The molecule has 0 aromatic carbocycles. The van der Waals surface area contributed by atoms with Gasteiger partial charge in [0.25, 0.3) is 0 Å². The molecule has 0 bridgehead atoms. The molecule has 1 aliphatic rings. The molecule has 84 valence electrons. The Labute approximate surface area is 101 Å². The van der Waals surface area contributed by atoms with E-state index in [-0.39, 0.29) is 4.66 Å². The van der Waals surface area contributed by atoms with E-state index in [1.807, 2.05) is 0 Å². The number of hydrogen-bond donors (Lipinski definition) is 1. The second-order valence-corrected chi connectivity index (χ2v) is 7.53. The van der Waals surface area contributed by atoms with Gasteiger partial charge in [0.05, 0.1) is 5.69 Å². The van der Waals surface area contributed by atoms with Gasteiger partial charge in [-0.05, 0) is 25.7 Å². The minimum atomic E-state index is -3.26. The zero-order valence-corrected chi connectivity index (χ0v) is 11.2. The number of anilines is 1. The van der Waals surface area contributed by atoms with Crippen molar-refractivity contribution in [2.24, 2.45) is 0 Å². The summed E-state index contributed by atoms with van der Waals surface area (Å²) in [5.41, 5.74) is 1.07. The minimum Gasteiger partial charge on any atom is -0.258 e. The molecule has 0 saturated heterocycles.